The van der Waals surface area contributed by atoms with Gasteiger partial charge in [0.2, 0.25) is 5.12 Å². The molecule has 0 amide bonds. The Balaban J connectivity index is 2.05. The first-order chi connectivity index (χ1) is 8.27. The summed E-state index contributed by atoms with van der Waals surface area (Å²) in [6.45, 7) is 2.06. The Morgan fingerprint density at radius 2 is 1.47 bits per heavy atom. The van der Waals surface area contributed by atoms with Crippen LogP contribution in [0.5, 0.6) is 0 Å². The molecule has 0 aliphatic rings. The predicted octanol–water partition coefficient (Wildman–Crippen LogP) is 4.32. The Labute approximate surface area is 106 Å². The zero-order chi connectivity index (χ0) is 12.1. The Bertz CT molecular complexity index is 479. The third-order valence-electron chi connectivity index (χ3n) is 2.56. The average molecular weight is 242 g/mol. The Kier molecular flexibility index (Phi) is 3.99. The van der Waals surface area contributed by atoms with Crippen LogP contribution in [0.2, 0.25) is 0 Å². The highest BCUT2D eigenvalue weighted by Crippen LogP contribution is 2.30. The van der Waals surface area contributed by atoms with E-state index in [4.69, 9.17) is 0 Å². The number of carbonyl (C=O) groups excluding carboxylic acids is 1. The first-order valence-electron chi connectivity index (χ1n) is 5.58. The van der Waals surface area contributed by atoms with E-state index in [9.17, 15) is 4.79 Å². The van der Waals surface area contributed by atoms with Gasteiger partial charge < -0.3 is 0 Å². The minimum atomic E-state index is 0.127. The second-order valence-corrected chi connectivity index (χ2v) is 5.14. The van der Waals surface area contributed by atoms with Crippen molar-refractivity contribution in [2.75, 3.05) is 0 Å². The molecule has 17 heavy (non-hydrogen) atoms. The Hall–Kier alpha value is -1.54. The van der Waals surface area contributed by atoms with Gasteiger partial charge in [-0.2, -0.15) is 0 Å². The third-order valence-corrected chi connectivity index (χ3v) is 3.64. The van der Waals surface area contributed by atoms with Gasteiger partial charge in [0.1, 0.15) is 0 Å². The maximum Gasteiger partial charge on any atom is 0.219 e. The van der Waals surface area contributed by atoms with E-state index in [-0.39, 0.29) is 10.4 Å². The summed E-state index contributed by atoms with van der Waals surface area (Å²) in [5.41, 5.74) is 1.95. The SMILES string of the molecule is C[C@H](SC(=O)c1ccccc1)c1ccccc1. The van der Waals surface area contributed by atoms with E-state index in [1.165, 1.54) is 17.3 Å². The van der Waals surface area contributed by atoms with Gasteiger partial charge in [0, 0.05) is 10.8 Å². The molecule has 0 radical (unpaired) electrons. The molecule has 2 rings (SSSR count). The van der Waals surface area contributed by atoms with Crippen LogP contribution in [-0.4, -0.2) is 5.12 Å². The molecule has 0 aliphatic carbocycles. The van der Waals surface area contributed by atoms with Crippen molar-refractivity contribution in [1.82, 2.24) is 0 Å². The molecule has 0 aromatic heterocycles. The molecule has 0 N–H and O–H groups in total. The highest BCUT2D eigenvalue weighted by atomic mass is 32.2. The van der Waals surface area contributed by atoms with Gasteiger partial charge >= 0.3 is 0 Å². The first-order valence-corrected chi connectivity index (χ1v) is 6.46. The zero-order valence-electron chi connectivity index (χ0n) is 9.67. The minimum absolute atomic E-state index is 0.127. The molecule has 2 aromatic rings. The fourth-order valence-electron chi connectivity index (χ4n) is 1.59. The smallest absolute Gasteiger partial charge is 0.219 e. The van der Waals surface area contributed by atoms with Crippen LogP contribution in [0.4, 0.5) is 0 Å². The highest BCUT2D eigenvalue weighted by molar-refractivity contribution is 8.14. The summed E-state index contributed by atoms with van der Waals surface area (Å²) in [6.07, 6.45) is 0. The maximum absolute atomic E-state index is 12.0. The van der Waals surface area contributed by atoms with Gasteiger partial charge in [-0.15, -0.1) is 0 Å². The van der Waals surface area contributed by atoms with Crippen LogP contribution in [0.1, 0.15) is 28.1 Å². The summed E-state index contributed by atoms with van der Waals surface area (Å²) in [6, 6.07) is 19.5. The molecule has 0 saturated carbocycles. The average Bonchev–Trinajstić information content (AvgIpc) is 2.40. The molecule has 0 aliphatic heterocycles. The van der Waals surface area contributed by atoms with Crippen LogP contribution in [0.25, 0.3) is 0 Å². The van der Waals surface area contributed by atoms with Gasteiger partial charge in [-0.1, -0.05) is 72.4 Å². The van der Waals surface area contributed by atoms with Gasteiger partial charge in [0.05, 0.1) is 0 Å². The van der Waals surface area contributed by atoms with Crippen LogP contribution < -0.4 is 0 Å². The molecule has 0 unspecified atom stereocenters. The number of thioether (sulfide) groups is 1. The standard InChI is InChI=1S/C15H14OS/c1-12(13-8-4-2-5-9-13)17-15(16)14-10-6-3-7-11-14/h2-12H,1H3/t12-/m0/s1. The van der Waals surface area contributed by atoms with Crippen LogP contribution >= 0.6 is 11.8 Å². The van der Waals surface area contributed by atoms with E-state index >= 15 is 0 Å². The van der Waals surface area contributed by atoms with E-state index in [0.29, 0.717) is 0 Å². The van der Waals surface area contributed by atoms with Crippen molar-refractivity contribution in [3.63, 3.8) is 0 Å². The molecule has 0 saturated heterocycles. The summed E-state index contributed by atoms with van der Waals surface area (Å²) in [4.78, 5) is 12.0. The maximum atomic E-state index is 12.0. The summed E-state index contributed by atoms with van der Waals surface area (Å²) in [5.74, 6) is 0. The van der Waals surface area contributed by atoms with Crippen molar-refractivity contribution < 1.29 is 4.79 Å². The fraction of sp³-hybridized carbons (Fsp3) is 0.133. The summed E-state index contributed by atoms with van der Waals surface area (Å²) in [7, 11) is 0. The monoisotopic (exact) mass is 242 g/mol. The fourth-order valence-corrected chi connectivity index (χ4v) is 2.48. The van der Waals surface area contributed by atoms with Gasteiger partial charge in [0.25, 0.3) is 0 Å². The second kappa shape index (κ2) is 5.69. The van der Waals surface area contributed by atoms with E-state index in [0.717, 1.165) is 5.56 Å². The lowest BCUT2D eigenvalue weighted by Crippen LogP contribution is -1.97. The highest BCUT2D eigenvalue weighted by Gasteiger charge is 2.12. The van der Waals surface area contributed by atoms with Crippen LogP contribution in [0.15, 0.2) is 60.7 Å². The lowest BCUT2D eigenvalue weighted by molar-refractivity contribution is 0.108. The molecule has 1 atom stereocenters. The summed E-state index contributed by atoms with van der Waals surface area (Å²) >= 11 is 1.37. The van der Waals surface area contributed by atoms with E-state index in [1.807, 2.05) is 48.5 Å². The lowest BCUT2D eigenvalue weighted by atomic mass is 10.2. The quantitative estimate of drug-likeness (QED) is 0.797. The van der Waals surface area contributed by atoms with Crippen molar-refractivity contribution >= 4 is 16.9 Å². The van der Waals surface area contributed by atoms with Crippen molar-refractivity contribution in [3.05, 3.63) is 71.8 Å². The molecule has 0 spiro atoms. The van der Waals surface area contributed by atoms with Crippen molar-refractivity contribution in [2.45, 2.75) is 12.2 Å². The van der Waals surface area contributed by atoms with E-state index < -0.39 is 0 Å². The normalized spacial score (nSPS) is 12.1. The van der Waals surface area contributed by atoms with Gasteiger partial charge in [0.15, 0.2) is 0 Å². The van der Waals surface area contributed by atoms with Crippen molar-refractivity contribution in [2.24, 2.45) is 0 Å². The number of carbonyl (C=O) groups is 1. The molecular formula is C15H14OS. The predicted molar refractivity (Wildman–Crippen MR) is 73.2 cm³/mol. The molecule has 2 aromatic carbocycles. The molecule has 86 valence electrons. The van der Waals surface area contributed by atoms with E-state index in [2.05, 4.69) is 19.1 Å². The molecule has 0 bridgehead atoms. The zero-order valence-corrected chi connectivity index (χ0v) is 10.5. The lowest BCUT2D eigenvalue weighted by Gasteiger charge is -2.10. The number of benzene rings is 2. The van der Waals surface area contributed by atoms with Gasteiger partial charge in [-0.25, -0.2) is 0 Å². The number of hydrogen-bond acceptors (Lipinski definition) is 2. The summed E-state index contributed by atoms with van der Waals surface area (Å²) < 4.78 is 0. The molecular weight excluding hydrogens is 228 g/mol. The first kappa shape index (κ1) is 11.9. The molecule has 1 nitrogen and oxygen atoms in total. The van der Waals surface area contributed by atoms with Crippen LogP contribution in [0, 0.1) is 0 Å². The topological polar surface area (TPSA) is 17.1 Å². The second-order valence-electron chi connectivity index (χ2n) is 3.82. The third kappa shape index (κ3) is 3.21. The molecule has 0 fully saturated rings. The number of hydrogen-bond donors (Lipinski definition) is 0. The largest absolute Gasteiger partial charge is 0.282 e. The Morgan fingerprint density at radius 3 is 2.06 bits per heavy atom. The van der Waals surface area contributed by atoms with Crippen molar-refractivity contribution in [1.29, 1.82) is 0 Å². The van der Waals surface area contributed by atoms with Crippen molar-refractivity contribution in [3.8, 4) is 0 Å². The minimum Gasteiger partial charge on any atom is -0.282 e. The van der Waals surface area contributed by atoms with Crippen LogP contribution in [0.3, 0.4) is 0 Å². The Morgan fingerprint density at radius 1 is 0.941 bits per heavy atom. The molecule has 0 heterocycles. The summed E-state index contributed by atoms with van der Waals surface area (Å²) in [5, 5.41) is 0.311. The van der Waals surface area contributed by atoms with Crippen LogP contribution in [-0.2, 0) is 0 Å². The van der Waals surface area contributed by atoms with Gasteiger partial charge in [-0.05, 0) is 12.5 Å². The van der Waals surface area contributed by atoms with Gasteiger partial charge in [-0.3, -0.25) is 4.79 Å². The number of rotatable bonds is 3. The van der Waals surface area contributed by atoms with E-state index in [1.54, 1.807) is 0 Å². The molecule has 2 heteroatoms.